The number of anilines is 1. The molecule has 1 heterocycles. The van der Waals surface area contributed by atoms with Gasteiger partial charge in [-0.15, -0.1) is 0 Å². The first-order valence-corrected chi connectivity index (χ1v) is 15.2. The van der Waals surface area contributed by atoms with Crippen LogP contribution in [0.25, 0.3) is 22.4 Å². The number of nitrogens with one attached hydrogen (secondary N) is 1. The molecule has 0 saturated heterocycles. The fourth-order valence-electron chi connectivity index (χ4n) is 5.20. The first kappa shape index (κ1) is 40.1. The summed E-state index contributed by atoms with van der Waals surface area (Å²) in [5.74, 6) is -1.93. The van der Waals surface area contributed by atoms with Crippen LogP contribution in [0.1, 0.15) is 62.0 Å². The number of carbonyl (C=O) groups is 2. The Balaban J connectivity index is 0.00000119. The van der Waals surface area contributed by atoms with Crippen LogP contribution < -0.4 is 5.32 Å². The van der Waals surface area contributed by atoms with Gasteiger partial charge in [0.1, 0.15) is 5.82 Å². The second-order valence-corrected chi connectivity index (χ2v) is 11.4. The molecule has 0 fully saturated rings. The van der Waals surface area contributed by atoms with Crippen LogP contribution in [-0.4, -0.2) is 105 Å². The summed E-state index contributed by atoms with van der Waals surface area (Å²) in [5.41, 5.74) is 4.77. The molecule has 0 aliphatic rings. The second-order valence-electron chi connectivity index (χ2n) is 11.4. The maximum atomic E-state index is 14.0. The third-order valence-electron chi connectivity index (χ3n) is 7.19. The zero-order chi connectivity index (χ0) is 33.8. The van der Waals surface area contributed by atoms with Crippen LogP contribution in [0.15, 0.2) is 84.9 Å². The molecule has 11 heteroatoms. The second kappa shape index (κ2) is 19.7. The molecule has 6 N–H and O–H groups in total. The van der Waals surface area contributed by atoms with Gasteiger partial charge in [-0.1, -0.05) is 62.4 Å². The fraction of sp³-hybridized carbons (Fsp3) is 0.333. The quantitative estimate of drug-likeness (QED) is 0.105. The van der Waals surface area contributed by atoms with E-state index in [1.807, 2.05) is 79.1 Å². The van der Waals surface area contributed by atoms with Crippen molar-refractivity contribution in [3.05, 3.63) is 102 Å². The average Bonchev–Trinajstić information content (AvgIpc) is 3.37. The Morgan fingerprint density at radius 2 is 1.38 bits per heavy atom. The van der Waals surface area contributed by atoms with Gasteiger partial charge in [0, 0.05) is 23.5 Å². The summed E-state index contributed by atoms with van der Waals surface area (Å²) >= 11 is 0. The molecule has 0 saturated carbocycles. The molecule has 1 unspecified atom stereocenters. The number of carboxylic acid groups (broad SMARTS) is 1. The van der Waals surface area contributed by atoms with Crippen molar-refractivity contribution in [3.8, 4) is 22.4 Å². The normalized spacial score (nSPS) is 12.7. The first-order chi connectivity index (χ1) is 21.9. The standard InChI is InChI=1S/C33H35FN2O5.C3H8O2.Ca/c1-21(2)31-30(33(41)35-25-11-7-4-8-12-25)29(22-9-5-3-6-10-22)32(23-13-15-24(34)16-14-23)36(31)18-17-26(37)19-27(38)20-28(39)40;1-3(5)2-4;/h3-16,21,26-27,37-38H,17-20H2,1-2H3,(H,35,41)(H,39,40);3-5H,2H2,1H3;/q;;+2/t26-,27-;;/m1../s1. The number of carbonyl (C=O) groups excluding carboxylic acids is 1. The zero-order valence-corrected chi connectivity index (χ0v) is 29.2. The van der Waals surface area contributed by atoms with Gasteiger partial charge >= 0.3 is 43.7 Å². The van der Waals surface area contributed by atoms with E-state index >= 15 is 0 Å². The van der Waals surface area contributed by atoms with E-state index in [0.29, 0.717) is 28.1 Å². The zero-order valence-electron chi connectivity index (χ0n) is 27.0. The summed E-state index contributed by atoms with van der Waals surface area (Å²) in [6, 6.07) is 24.8. The van der Waals surface area contributed by atoms with E-state index in [-0.39, 0.29) is 81.4 Å². The van der Waals surface area contributed by atoms with Gasteiger partial charge < -0.3 is 35.4 Å². The van der Waals surface area contributed by atoms with Crippen LogP contribution in [0.2, 0.25) is 0 Å². The molecule has 47 heavy (non-hydrogen) atoms. The molecule has 1 amide bonds. The van der Waals surface area contributed by atoms with Crippen LogP contribution in [0.3, 0.4) is 0 Å². The number of amides is 1. The summed E-state index contributed by atoms with van der Waals surface area (Å²) in [6.07, 6.45) is -3.07. The van der Waals surface area contributed by atoms with Crippen molar-refractivity contribution in [2.45, 2.75) is 70.8 Å². The number of rotatable bonds is 13. The maximum Gasteiger partial charge on any atom is 2.00 e. The molecular formula is C36H43CaFN2O7+2. The molecule has 3 aromatic carbocycles. The van der Waals surface area contributed by atoms with Crippen molar-refractivity contribution in [2.75, 3.05) is 11.9 Å². The van der Waals surface area contributed by atoms with Crippen LogP contribution in [0.4, 0.5) is 10.1 Å². The van der Waals surface area contributed by atoms with E-state index in [2.05, 4.69) is 5.32 Å². The third kappa shape index (κ3) is 11.8. The van der Waals surface area contributed by atoms with E-state index in [4.69, 9.17) is 15.3 Å². The smallest absolute Gasteiger partial charge is 0.481 e. The largest absolute Gasteiger partial charge is 2.00 e. The number of aliphatic hydroxyl groups is 4. The summed E-state index contributed by atoms with van der Waals surface area (Å²) in [6.45, 7) is 5.64. The number of hydrogen-bond donors (Lipinski definition) is 6. The molecule has 0 spiro atoms. The van der Waals surface area contributed by atoms with Crippen molar-refractivity contribution in [1.82, 2.24) is 4.57 Å². The Morgan fingerprint density at radius 1 is 0.830 bits per heavy atom. The van der Waals surface area contributed by atoms with Gasteiger partial charge in [0.05, 0.1) is 42.6 Å². The van der Waals surface area contributed by atoms with Crippen molar-refractivity contribution < 1.29 is 39.5 Å². The van der Waals surface area contributed by atoms with Gasteiger partial charge in [-0.05, 0) is 73.2 Å². The summed E-state index contributed by atoms with van der Waals surface area (Å²) in [4.78, 5) is 25.0. The molecule has 4 rings (SSSR count). The van der Waals surface area contributed by atoms with E-state index in [1.54, 1.807) is 12.1 Å². The van der Waals surface area contributed by atoms with Gasteiger partial charge in [-0.25, -0.2) is 4.39 Å². The Kier molecular flexibility index (Phi) is 16.8. The molecule has 0 radical (unpaired) electrons. The molecular weight excluding hydrogens is 631 g/mol. The minimum absolute atomic E-state index is 0. The van der Waals surface area contributed by atoms with Gasteiger partial charge in [0.25, 0.3) is 5.91 Å². The molecule has 246 valence electrons. The van der Waals surface area contributed by atoms with E-state index in [0.717, 1.165) is 11.3 Å². The van der Waals surface area contributed by atoms with Crippen molar-refractivity contribution in [3.63, 3.8) is 0 Å². The minimum Gasteiger partial charge on any atom is -0.481 e. The number of carboxylic acids is 1. The Hall–Kier alpha value is -3.09. The van der Waals surface area contributed by atoms with Gasteiger partial charge in [0.2, 0.25) is 0 Å². The van der Waals surface area contributed by atoms with Crippen LogP contribution in [0.5, 0.6) is 0 Å². The number of aliphatic carboxylic acids is 1. The fourth-order valence-corrected chi connectivity index (χ4v) is 5.20. The number of benzene rings is 3. The number of halogens is 1. The molecule has 4 aromatic rings. The van der Waals surface area contributed by atoms with E-state index < -0.39 is 30.7 Å². The summed E-state index contributed by atoms with van der Waals surface area (Å²) in [5, 5.41) is 48.8. The molecule has 3 atom stereocenters. The van der Waals surface area contributed by atoms with Gasteiger partial charge in [0.15, 0.2) is 0 Å². The Labute approximate surface area is 304 Å². The van der Waals surface area contributed by atoms with Crippen LogP contribution in [-0.2, 0) is 11.3 Å². The SMILES string of the molecule is CC(C)c1c(C(=O)Nc2ccccc2)c(-c2ccccc2)c(-c2ccc(F)cc2)n1CC[C@@H](O)C[C@@H](O)CC(=O)O.CC(O)CO.[Ca+2]. The predicted octanol–water partition coefficient (Wildman–Crippen LogP) is 5.29. The third-order valence-corrected chi connectivity index (χ3v) is 7.19. The predicted molar refractivity (Wildman–Crippen MR) is 182 cm³/mol. The first-order valence-electron chi connectivity index (χ1n) is 15.2. The average molecular weight is 675 g/mol. The Bertz CT molecular complexity index is 1550. The number of aliphatic hydroxyl groups excluding tert-OH is 4. The summed E-state index contributed by atoms with van der Waals surface area (Å²) < 4.78 is 16.0. The van der Waals surface area contributed by atoms with Gasteiger partial charge in [-0.3, -0.25) is 9.59 Å². The molecule has 9 nitrogen and oxygen atoms in total. The van der Waals surface area contributed by atoms with E-state index in [9.17, 15) is 24.2 Å². The Morgan fingerprint density at radius 3 is 1.89 bits per heavy atom. The molecule has 1 aromatic heterocycles. The van der Waals surface area contributed by atoms with Gasteiger partial charge in [-0.2, -0.15) is 0 Å². The maximum absolute atomic E-state index is 14.0. The number of nitrogens with zero attached hydrogens (tertiary/aromatic N) is 1. The van der Waals surface area contributed by atoms with Crippen LogP contribution >= 0.6 is 0 Å². The molecule has 0 aliphatic carbocycles. The minimum atomic E-state index is -1.18. The van der Waals surface area contributed by atoms with E-state index in [1.165, 1.54) is 19.1 Å². The topological polar surface area (TPSA) is 152 Å². The number of aromatic nitrogens is 1. The van der Waals surface area contributed by atoms with Crippen LogP contribution in [0, 0.1) is 5.82 Å². The molecule has 0 bridgehead atoms. The number of para-hydroxylation sites is 1. The summed E-state index contributed by atoms with van der Waals surface area (Å²) in [7, 11) is 0. The van der Waals surface area contributed by atoms with Crippen molar-refractivity contribution in [1.29, 1.82) is 0 Å². The molecule has 0 aliphatic heterocycles. The van der Waals surface area contributed by atoms with Crippen molar-refractivity contribution in [2.24, 2.45) is 0 Å². The monoisotopic (exact) mass is 674 g/mol. The number of hydrogen-bond acceptors (Lipinski definition) is 6. The van der Waals surface area contributed by atoms with Crippen molar-refractivity contribution >= 4 is 55.3 Å².